The summed E-state index contributed by atoms with van der Waals surface area (Å²) in [6.07, 6.45) is 6.93. The van der Waals surface area contributed by atoms with Crippen LogP contribution in [0.1, 0.15) is 25.1 Å². The summed E-state index contributed by atoms with van der Waals surface area (Å²) in [6, 6.07) is 2.08. The molecule has 0 spiro atoms. The number of H-pyrrole nitrogens is 1. The first-order chi connectivity index (χ1) is 13.2. The van der Waals surface area contributed by atoms with E-state index in [0.717, 1.165) is 60.2 Å². The number of hydrogen-bond acceptors (Lipinski definition) is 6. The molecule has 0 saturated heterocycles. The fourth-order valence-electron chi connectivity index (χ4n) is 3.61. The lowest BCUT2D eigenvalue weighted by Crippen LogP contribution is -2.28. The first kappa shape index (κ1) is 16.1. The third kappa shape index (κ3) is 2.25. The molecule has 0 amide bonds. The fourth-order valence-corrected chi connectivity index (χ4v) is 7.47. The van der Waals surface area contributed by atoms with Crippen LogP contribution in [-0.2, 0) is 11.2 Å². The van der Waals surface area contributed by atoms with Crippen molar-refractivity contribution < 1.29 is 4.55 Å². The third-order valence-electron chi connectivity index (χ3n) is 5.26. The Morgan fingerprint density at radius 3 is 2.96 bits per heavy atom. The van der Waals surface area contributed by atoms with Gasteiger partial charge in [0.05, 0.1) is 17.1 Å². The number of thiazole rings is 1. The molecule has 136 valence electrons. The maximum Gasteiger partial charge on any atom is 0.234 e. The van der Waals surface area contributed by atoms with Crippen LogP contribution >= 0.6 is 22.7 Å². The number of aromatic amines is 1. The number of imidazole rings is 1. The van der Waals surface area contributed by atoms with Crippen LogP contribution in [0, 0.1) is 6.92 Å². The molecule has 6 rings (SSSR count). The number of aromatic nitrogens is 5. The highest BCUT2D eigenvalue weighted by atomic mass is 32.2. The van der Waals surface area contributed by atoms with Crippen LogP contribution in [0.3, 0.4) is 0 Å². The van der Waals surface area contributed by atoms with Gasteiger partial charge in [-0.25, -0.2) is 19.5 Å². The van der Waals surface area contributed by atoms with Gasteiger partial charge in [0, 0.05) is 28.1 Å². The van der Waals surface area contributed by atoms with E-state index in [2.05, 4.69) is 21.1 Å². The predicted molar refractivity (Wildman–Crippen MR) is 110 cm³/mol. The molecule has 9 heteroatoms. The Hall–Kier alpha value is -1.94. The second-order valence-electron chi connectivity index (χ2n) is 6.83. The molecule has 1 aliphatic rings. The Bertz CT molecular complexity index is 1300. The highest BCUT2D eigenvalue weighted by molar-refractivity contribution is 7.94. The minimum atomic E-state index is -1.01. The molecule has 5 heterocycles. The van der Waals surface area contributed by atoms with E-state index in [1.807, 2.05) is 23.0 Å². The highest BCUT2D eigenvalue weighted by Gasteiger charge is 2.35. The first-order valence-corrected chi connectivity index (χ1v) is 11.7. The lowest BCUT2D eigenvalue weighted by atomic mass is 10.0. The normalized spacial score (nSPS) is 16.5. The Morgan fingerprint density at radius 2 is 2.22 bits per heavy atom. The minimum Gasteiger partial charge on any atom is -0.611 e. The molecule has 1 saturated carbocycles. The molecule has 5 aromatic heterocycles. The van der Waals surface area contributed by atoms with Crippen molar-refractivity contribution in [3.8, 4) is 10.7 Å². The number of rotatable bonds is 3. The molecular formula is C18H15N5OS3. The Kier molecular flexibility index (Phi) is 3.44. The van der Waals surface area contributed by atoms with Crippen molar-refractivity contribution in [2.24, 2.45) is 0 Å². The summed E-state index contributed by atoms with van der Waals surface area (Å²) in [5.74, 6) is 0.878. The summed E-state index contributed by atoms with van der Waals surface area (Å²) in [7, 11) is 0. The monoisotopic (exact) mass is 413 g/mol. The van der Waals surface area contributed by atoms with Gasteiger partial charge in [-0.15, -0.1) is 11.3 Å². The number of nitrogens with one attached hydrogen (secondary N) is 1. The molecule has 1 aliphatic carbocycles. The molecule has 1 fully saturated rings. The summed E-state index contributed by atoms with van der Waals surface area (Å²) >= 11 is 2.12. The zero-order chi connectivity index (χ0) is 18.1. The Labute approximate surface area is 165 Å². The van der Waals surface area contributed by atoms with E-state index in [4.69, 9.17) is 4.98 Å². The molecule has 6 nitrogen and oxygen atoms in total. The fraction of sp³-hybridized carbons (Fsp3) is 0.278. The smallest absolute Gasteiger partial charge is 0.234 e. The van der Waals surface area contributed by atoms with Crippen molar-refractivity contribution in [2.75, 3.05) is 0 Å². The summed E-state index contributed by atoms with van der Waals surface area (Å²) in [5, 5.41) is 8.71. The minimum absolute atomic E-state index is 0.267. The van der Waals surface area contributed by atoms with Gasteiger partial charge in [-0.3, -0.25) is 5.10 Å². The summed E-state index contributed by atoms with van der Waals surface area (Å²) in [5.41, 5.74) is 2.79. The molecule has 0 radical (unpaired) electrons. The molecule has 27 heavy (non-hydrogen) atoms. The molecule has 0 aromatic carbocycles. The van der Waals surface area contributed by atoms with Crippen LogP contribution < -0.4 is 0 Å². The first-order valence-electron chi connectivity index (χ1n) is 8.80. The van der Waals surface area contributed by atoms with Crippen LogP contribution in [0.25, 0.3) is 37.3 Å². The van der Waals surface area contributed by atoms with E-state index in [0.29, 0.717) is 0 Å². The molecule has 0 unspecified atom stereocenters. The standard InChI is InChI=1S/C18H15N5OS3/c1-9-20-8-13-11-7-12(16-19-5-6-25-16)21-17-14(11)15(22-23(9)13)18(26-17)27(24)10-3-2-4-10/h5-8,10,22H,2-4H2,1H3/t27-/m0/s1. The maximum absolute atomic E-state index is 13.2. The van der Waals surface area contributed by atoms with Crippen molar-refractivity contribution >= 4 is 60.5 Å². The van der Waals surface area contributed by atoms with Gasteiger partial charge in [-0.05, 0) is 32.3 Å². The highest BCUT2D eigenvalue weighted by Crippen LogP contribution is 2.43. The molecular weight excluding hydrogens is 398 g/mol. The Morgan fingerprint density at radius 1 is 1.33 bits per heavy atom. The van der Waals surface area contributed by atoms with E-state index >= 15 is 0 Å². The van der Waals surface area contributed by atoms with E-state index < -0.39 is 11.2 Å². The van der Waals surface area contributed by atoms with Crippen LogP contribution in [0.15, 0.2) is 28.0 Å². The second kappa shape index (κ2) is 5.78. The summed E-state index contributed by atoms with van der Waals surface area (Å²) in [4.78, 5) is 14.7. The summed E-state index contributed by atoms with van der Waals surface area (Å²) < 4.78 is 16.1. The quantitative estimate of drug-likeness (QED) is 0.441. The zero-order valence-corrected chi connectivity index (χ0v) is 16.9. The van der Waals surface area contributed by atoms with Crippen molar-refractivity contribution in [3.63, 3.8) is 0 Å². The number of nitrogens with zero attached hydrogens (tertiary/aromatic N) is 4. The number of aryl methyl sites for hydroxylation is 1. The Balaban J connectivity index is 1.72. The number of thiophene rings is 1. The molecule has 1 atom stereocenters. The SMILES string of the molecule is Cc1ncc2c3cc(-c4nccs4)nc4sc([S@@+]([O-])C5CCC5)c([nH]n12)c43. The lowest BCUT2D eigenvalue weighted by Gasteiger charge is -2.26. The molecule has 0 bridgehead atoms. The zero-order valence-electron chi connectivity index (χ0n) is 14.4. The van der Waals surface area contributed by atoms with E-state index in [1.54, 1.807) is 28.9 Å². The van der Waals surface area contributed by atoms with Gasteiger partial charge >= 0.3 is 0 Å². The van der Waals surface area contributed by atoms with Gasteiger partial charge in [0.15, 0.2) is 0 Å². The van der Waals surface area contributed by atoms with E-state index in [1.165, 1.54) is 6.42 Å². The van der Waals surface area contributed by atoms with Crippen molar-refractivity contribution in [3.05, 3.63) is 29.7 Å². The van der Waals surface area contributed by atoms with Gasteiger partial charge in [0.1, 0.15) is 32.1 Å². The largest absolute Gasteiger partial charge is 0.611 e. The average molecular weight is 414 g/mol. The second-order valence-corrected chi connectivity index (χ2v) is 10.6. The average Bonchev–Trinajstić information content (AvgIpc) is 3.34. The van der Waals surface area contributed by atoms with Crippen molar-refractivity contribution in [1.29, 1.82) is 0 Å². The van der Waals surface area contributed by atoms with Crippen molar-refractivity contribution in [2.45, 2.75) is 35.6 Å². The molecule has 0 aliphatic heterocycles. The van der Waals surface area contributed by atoms with E-state index in [9.17, 15) is 4.55 Å². The van der Waals surface area contributed by atoms with Crippen LogP contribution in [0.4, 0.5) is 0 Å². The van der Waals surface area contributed by atoms with Gasteiger partial charge in [0.2, 0.25) is 4.21 Å². The number of pyridine rings is 1. The van der Waals surface area contributed by atoms with Gasteiger partial charge in [-0.1, -0.05) is 11.3 Å². The van der Waals surface area contributed by atoms with Crippen molar-refractivity contribution in [1.82, 2.24) is 24.6 Å². The topological polar surface area (TPSA) is 81.9 Å². The summed E-state index contributed by atoms with van der Waals surface area (Å²) in [6.45, 7) is 1.97. The van der Waals surface area contributed by atoms with Crippen LogP contribution in [0.2, 0.25) is 0 Å². The number of fused-ring (bicyclic) bond motifs is 2. The molecule has 5 aromatic rings. The van der Waals surface area contributed by atoms with E-state index in [-0.39, 0.29) is 5.25 Å². The van der Waals surface area contributed by atoms with Crippen LogP contribution in [0.5, 0.6) is 0 Å². The molecule has 1 N–H and O–H groups in total. The lowest BCUT2D eigenvalue weighted by molar-refractivity contribution is 0.478. The predicted octanol–water partition coefficient (Wildman–Crippen LogP) is 4.52. The van der Waals surface area contributed by atoms with Gasteiger partial charge in [0.25, 0.3) is 0 Å². The van der Waals surface area contributed by atoms with Crippen LogP contribution in [-0.4, -0.2) is 34.4 Å². The maximum atomic E-state index is 13.2. The van der Waals surface area contributed by atoms with Gasteiger partial charge in [-0.2, -0.15) is 0 Å². The third-order valence-corrected chi connectivity index (χ3v) is 9.32. The van der Waals surface area contributed by atoms with Gasteiger partial charge < -0.3 is 4.55 Å². The number of hydrogen-bond donors (Lipinski definition) is 1.